The monoisotopic (exact) mass is 339 g/mol. The van der Waals surface area contributed by atoms with Crippen molar-refractivity contribution < 1.29 is 4.79 Å². The third-order valence-electron chi connectivity index (χ3n) is 4.83. The molecule has 3 heterocycles. The van der Waals surface area contributed by atoms with Crippen LogP contribution >= 0.6 is 12.4 Å². The highest BCUT2D eigenvalue weighted by atomic mass is 35.5. The highest BCUT2D eigenvalue weighted by Crippen LogP contribution is 2.35. The van der Waals surface area contributed by atoms with Crippen molar-refractivity contribution in [1.29, 1.82) is 0 Å². The summed E-state index contributed by atoms with van der Waals surface area (Å²) in [6, 6.07) is 5.05. The lowest BCUT2D eigenvalue weighted by molar-refractivity contribution is -0.135. The number of hydrogen-bond donors (Lipinski definition) is 1. The van der Waals surface area contributed by atoms with Crippen molar-refractivity contribution in [3.63, 3.8) is 0 Å². The third kappa shape index (κ3) is 3.61. The van der Waals surface area contributed by atoms with Crippen molar-refractivity contribution in [3.8, 4) is 0 Å². The smallest absolute Gasteiger partial charge is 0.250 e. The lowest BCUT2D eigenvalue weighted by Gasteiger charge is -2.43. The van der Waals surface area contributed by atoms with E-state index in [9.17, 15) is 9.59 Å². The third-order valence-corrected chi connectivity index (χ3v) is 4.83. The van der Waals surface area contributed by atoms with Gasteiger partial charge in [0.2, 0.25) is 5.91 Å². The Morgan fingerprint density at radius 2 is 2.04 bits per heavy atom. The summed E-state index contributed by atoms with van der Waals surface area (Å²) in [5.41, 5.74) is 7.21. The predicted molar refractivity (Wildman–Crippen MR) is 92.8 cm³/mol. The molecule has 2 aliphatic rings. The number of likely N-dealkylation sites (tertiary alicyclic amines) is 1. The molecule has 3 rings (SSSR count). The van der Waals surface area contributed by atoms with Crippen LogP contribution in [0.3, 0.4) is 0 Å². The number of piperidine rings is 1. The normalized spacial score (nSPS) is 23.9. The molecule has 2 aliphatic heterocycles. The number of nitrogens with zero attached hydrogens (tertiary/aromatic N) is 2. The number of carbonyl (C=O) groups is 1. The molecular weight excluding hydrogens is 314 g/mol. The maximum atomic E-state index is 12.6. The van der Waals surface area contributed by atoms with Crippen LogP contribution in [0.25, 0.3) is 0 Å². The van der Waals surface area contributed by atoms with Gasteiger partial charge in [-0.3, -0.25) is 9.59 Å². The van der Waals surface area contributed by atoms with E-state index < -0.39 is 6.04 Å². The standard InChI is InChI=1S/C17H25N3O2.ClH/c1-11(2)6-14(18)17(22)19-8-12-7-13(10-19)15-4-3-5-16(21)20(15)9-12;/h3-5,11-14H,6-10,18H2,1-2H3;1H/t12-,13+,14-;/m1./s1. The SMILES string of the molecule is CC(C)C[C@@H](N)C(=O)N1C[C@H]2C[C@@H](C1)c1cccc(=O)n1C2.Cl. The molecule has 1 amide bonds. The zero-order chi connectivity index (χ0) is 15.9. The van der Waals surface area contributed by atoms with Crippen LogP contribution in [0.5, 0.6) is 0 Å². The fraction of sp³-hybridized carbons (Fsp3) is 0.647. The van der Waals surface area contributed by atoms with Gasteiger partial charge in [-0.2, -0.15) is 0 Å². The van der Waals surface area contributed by atoms with Crippen molar-refractivity contribution in [1.82, 2.24) is 9.47 Å². The van der Waals surface area contributed by atoms with E-state index in [2.05, 4.69) is 13.8 Å². The van der Waals surface area contributed by atoms with Gasteiger partial charge in [0.25, 0.3) is 5.56 Å². The van der Waals surface area contributed by atoms with E-state index in [1.165, 1.54) is 0 Å². The van der Waals surface area contributed by atoms with Gasteiger partial charge in [0.05, 0.1) is 6.04 Å². The molecule has 1 aromatic rings. The highest BCUT2D eigenvalue weighted by molar-refractivity contribution is 5.85. The summed E-state index contributed by atoms with van der Waals surface area (Å²) in [5.74, 6) is 1.11. The Hall–Kier alpha value is -1.33. The van der Waals surface area contributed by atoms with Gasteiger partial charge in [0.15, 0.2) is 0 Å². The molecule has 23 heavy (non-hydrogen) atoms. The summed E-state index contributed by atoms with van der Waals surface area (Å²) in [6.45, 7) is 6.29. The molecule has 0 saturated carbocycles. The number of hydrogen-bond acceptors (Lipinski definition) is 3. The fourth-order valence-corrected chi connectivity index (χ4v) is 3.92. The number of carbonyl (C=O) groups excluding carboxylic acids is 1. The molecule has 5 nitrogen and oxygen atoms in total. The fourth-order valence-electron chi connectivity index (χ4n) is 3.92. The minimum atomic E-state index is -0.406. The van der Waals surface area contributed by atoms with Gasteiger partial charge in [0.1, 0.15) is 0 Å². The van der Waals surface area contributed by atoms with Crippen LogP contribution in [0.1, 0.15) is 38.3 Å². The molecule has 1 saturated heterocycles. The van der Waals surface area contributed by atoms with Crippen molar-refractivity contribution in [2.45, 2.75) is 45.2 Å². The zero-order valence-electron chi connectivity index (χ0n) is 13.8. The molecule has 128 valence electrons. The van der Waals surface area contributed by atoms with Crippen LogP contribution in [0.2, 0.25) is 0 Å². The molecule has 0 unspecified atom stereocenters. The number of rotatable bonds is 3. The summed E-state index contributed by atoms with van der Waals surface area (Å²) in [6.07, 6.45) is 1.79. The van der Waals surface area contributed by atoms with E-state index >= 15 is 0 Å². The second-order valence-corrected chi connectivity index (χ2v) is 7.18. The first-order chi connectivity index (χ1) is 10.5. The second kappa shape index (κ2) is 7.05. The molecule has 0 radical (unpaired) electrons. The number of fused-ring (bicyclic) bond motifs is 4. The molecule has 0 aliphatic carbocycles. The van der Waals surface area contributed by atoms with Crippen molar-refractivity contribution in [3.05, 3.63) is 34.2 Å². The summed E-state index contributed by atoms with van der Waals surface area (Å²) in [7, 11) is 0. The van der Waals surface area contributed by atoms with Crippen LogP contribution in [0.15, 0.2) is 23.0 Å². The Kier molecular flexibility index (Phi) is 5.53. The topological polar surface area (TPSA) is 68.3 Å². The van der Waals surface area contributed by atoms with Crippen molar-refractivity contribution in [2.24, 2.45) is 17.6 Å². The number of aromatic nitrogens is 1. The van der Waals surface area contributed by atoms with Crippen LogP contribution in [0, 0.1) is 11.8 Å². The van der Waals surface area contributed by atoms with E-state index in [0.717, 1.165) is 25.1 Å². The summed E-state index contributed by atoms with van der Waals surface area (Å²) in [4.78, 5) is 26.5. The molecule has 0 aromatic carbocycles. The Morgan fingerprint density at radius 1 is 1.30 bits per heavy atom. The summed E-state index contributed by atoms with van der Waals surface area (Å²) >= 11 is 0. The molecule has 3 atom stereocenters. The average molecular weight is 340 g/mol. The van der Waals surface area contributed by atoms with E-state index in [1.54, 1.807) is 6.07 Å². The molecule has 6 heteroatoms. The van der Waals surface area contributed by atoms with Crippen LogP contribution in [0.4, 0.5) is 0 Å². The van der Waals surface area contributed by atoms with Crippen LogP contribution < -0.4 is 11.3 Å². The van der Waals surface area contributed by atoms with E-state index in [4.69, 9.17) is 5.73 Å². The van der Waals surface area contributed by atoms with Gasteiger partial charge in [-0.25, -0.2) is 0 Å². The Balaban J connectivity index is 0.00000192. The average Bonchev–Trinajstić information content (AvgIpc) is 2.46. The first-order valence-corrected chi connectivity index (χ1v) is 8.19. The maximum Gasteiger partial charge on any atom is 0.250 e. The predicted octanol–water partition coefficient (Wildman–Crippen LogP) is 1.59. The van der Waals surface area contributed by atoms with Gasteiger partial charge in [-0.05, 0) is 30.7 Å². The van der Waals surface area contributed by atoms with E-state index in [0.29, 0.717) is 24.9 Å². The molecule has 0 spiro atoms. The first-order valence-electron chi connectivity index (χ1n) is 8.19. The van der Waals surface area contributed by atoms with E-state index in [-0.39, 0.29) is 29.8 Å². The van der Waals surface area contributed by atoms with Gasteiger partial charge in [-0.1, -0.05) is 19.9 Å². The maximum absolute atomic E-state index is 12.6. The van der Waals surface area contributed by atoms with Crippen LogP contribution in [-0.2, 0) is 11.3 Å². The van der Waals surface area contributed by atoms with Gasteiger partial charge >= 0.3 is 0 Å². The first kappa shape index (κ1) is 18.0. The Labute approximate surface area is 143 Å². The number of pyridine rings is 1. The lowest BCUT2D eigenvalue weighted by Crippen LogP contribution is -2.53. The largest absolute Gasteiger partial charge is 0.340 e. The number of nitrogens with two attached hydrogens (primary N) is 1. The quantitative estimate of drug-likeness (QED) is 0.909. The van der Waals surface area contributed by atoms with Gasteiger partial charge in [-0.15, -0.1) is 12.4 Å². The van der Waals surface area contributed by atoms with Gasteiger partial charge in [0, 0.05) is 37.3 Å². The summed E-state index contributed by atoms with van der Waals surface area (Å²) in [5, 5.41) is 0. The van der Waals surface area contributed by atoms with Crippen LogP contribution in [-0.4, -0.2) is 34.5 Å². The van der Waals surface area contributed by atoms with Gasteiger partial charge < -0.3 is 15.2 Å². The Bertz CT molecular complexity index is 629. The summed E-state index contributed by atoms with van der Waals surface area (Å²) < 4.78 is 1.88. The number of amides is 1. The van der Waals surface area contributed by atoms with E-state index in [1.807, 2.05) is 21.6 Å². The second-order valence-electron chi connectivity index (χ2n) is 7.18. The minimum Gasteiger partial charge on any atom is -0.340 e. The molecular formula is C17H26ClN3O2. The Morgan fingerprint density at radius 3 is 2.74 bits per heavy atom. The van der Waals surface area contributed by atoms with Crippen molar-refractivity contribution >= 4 is 18.3 Å². The lowest BCUT2D eigenvalue weighted by atomic mass is 9.83. The number of halogens is 1. The molecule has 1 fully saturated rings. The van der Waals surface area contributed by atoms with Crippen molar-refractivity contribution in [2.75, 3.05) is 13.1 Å². The minimum absolute atomic E-state index is 0. The zero-order valence-corrected chi connectivity index (χ0v) is 14.6. The molecule has 1 aromatic heterocycles. The highest BCUT2D eigenvalue weighted by Gasteiger charge is 2.37. The molecule has 2 N–H and O–H groups in total. The molecule has 2 bridgehead atoms.